The third-order valence-corrected chi connectivity index (χ3v) is 6.10. The van der Waals surface area contributed by atoms with Crippen molar-refractivity contribution in [3.05, 3.63) is 89.2 Å². The van der Waals surface area contributed by atoms with E-state index in [1.807, 2.05) is 32.9 Å². The quantitative estimate of drug-likeness (QED) is 0.644. The number of rotatable bonds is 6. The molecule has 0 spiro atoms. The molecule has 0 radical (unpaired) electrons. The number of nitrogens with one attached hydrogen (secondary N) is 2. The molecule has 1 unspecified atom stereocenters. The highest BCUT2D eigenvalue weighted by Gasteiger charge is 2.16. The van der Waals surface area contributed by atoms with Crippen molar-refractivity contribution < 1.29 is 13.2 Å². The Bertz CT molecular complexity index is 1110. The number of aryl methyl sites for hydroxylation is 2. The molecule has 0 aliphatic heterocycles. The van der Waals surface area contributed by atoms with Gasteiger partial charge in [-0.25, -0.2) is 8.42 Å². The predicted molar refractivity (Wildman–Crippen MR) is 113 cm³/mol. The zero-order chi connectivity index (χ0) is 21.0. The second-order valence-corrected chi connectivity index (χ2v) is 8.59. The van der Waals surface area contributed by atoms with Crippen LogP contribution >= 0.6 is 0 Å². The summed E-state index contributed by atoms with van der Waals surface area (Å²) in [5, 5.41) is 2.90. The van der Waals surface area contributed by atoms with Gasteiger partial charge in [-0.05, 0) is 79.9 Å². The number of aromatic nitrogens is 1. The van der Waals surface area contributed by atoms with Gasteiger partial charge in [-0.1, -0.05) is 12.1 Å². The lowest BCUT2D eigenvalue weighted by molar-refractivity contribution is 0.0940. The topological polar surface area (TPSA) is 88.2 Å². The van der Waals surface area contributed by atoms with E-state index < -0.39 is 10.0 Å². The van der Waals surface area contributed by atoms with Crippen molar-refractivity contribution in [1.82, 2.24) is 10.3 Å². The molecule has 1 aromatic heterocycles. The molecule has 1 amide bonds. The van der Waals surface area contributed by atoms with Crippen molar-refractivity contribution in [2.45, 2.75) is 31.7 Å². The number of carbonyl (C=O) groups is 1. The van der Waals surface area contributed by atoms with Crippen molar-refractivity contribution in [3.8, 4) is 0 Å². The maximum atomic E-state index is 12.6. The first-order valence-corrected chi connectivity index (χ1v) is 10.7. The minimum absolute atomic E-state index is 0.195. The van der Waals surface area contributed by atoms with E-state index >= 15 is 0 Å². The highest BCUT2D eigenvalue weighted by Crippen LogP contribution is 2.19. The Balaban J connectivity index is 1.69. The molecule has 0 fully saturated rings. The van der Waals surface area contributed by atoms with E-state index in [1.54, 1.807) is 54.9 Å². The van der Waals surface area contributed by atoms with Gasteiger partial charge in [0, 0.05) is 23.6 Å². The van der Waals surface area contributed by atoms with E-state index in [2.05, 4.69) is 15.0 Å². The van der Waals surface area contributed by atoms with Gasteiger partial charge in [0.1, 0.15) is 0 Å². The van der Waals surface area contributed by atoms with Gasteiger partial charge < -0.3 is 5.32 Å². The molecule has 3 rings (SSSR count). The van der Waals surface area contributed by atoms with Gasteiger partial charge in [0.15, 0.2) is 0 Å². The Kier molecular flexibility index (Phi) is 5.98. The number of anilines is 1. The normalized spacial score (nSPS) is 12.2. The molecule has 29 heavy (non-hydrogen) atoms. The molecule has 7 heteroatoms. The number of sulfonamides is 1. The monoisotopic (exact) mass is 409 g/mol. The summed E-state index contributed by atoms with van der Waals surface area (Å²) in [6, 6.07) is 14.8. The third kappa shape index (κ3) is 5.00. The fraction of sp³-hybridized carbons (Fsp3) is 0.182. The summed E-state index contributed by atoms with van der Waals surface area (Å²) < 4.78 is 27.7. The lowest BCUT2D eigenvalue weighted by Gasteiger charge is -2.14. The number of pyridine rings is 1. The van der Waals surface area contributed by atoms with E-state index in [0.717, 1.165) is 16.7 Å². The Morgan fingerprint density at radius 1 is 1.00 bits per heavy atom. The average Bonchev–Trinajstić information content (AvgIpc) is 2.70. The van der Waals surface area contributed by atoms with Crippen LogP contribution in [0.3, 0.4) is 0 Å². The second-order valence-electron chi connectivity index (χ2n) is 6.91. The smallest absolute Gasteiger partial charge is 0.261 e. The molecule has 2 N–H and O–H groups in total. The molecule has 0 saturated heterocycles. The van der Waals surface area contributed by atoms with Crippen LogP contribution in [-0.4, -0.2) is 19.3 Å². The lowest BCUT2D eigenvalue weighted by Crippen LogP contribution is -2.26. The van der Waals surface area contributed by atoms with Gasteiger partial charge in [-0.3, -0.25) is 14.5 Å². The number of benzene rings is 2. The van der Waals surface area contributed by atoms with Crippen LogP contribution in [0.4, 0.5) is 5.69 Å². The Hall–Kier alpha value is -3.19. The number of carbonyl (C=O) groups excluding carboxylic acids is 1. The van der Waals surface area contributed by atoms with E-state index in [-0.39, 0.29) is 16.8 Å². The molecule has 1 heterocycles. The summed E-state index contributed by atoms with van der Waals surface area (Å²) in [6.07, 6.45) is 3.38. The van der Waals surface area contributed by atoms with Crippen molar-refractivity contribution in [1.29, 1.82) is 0 Å². The molecule has 1 atom stereocenters. The molecule has 2 aromatic carbocycles. The molecule has 0 aliphatic rings. The van der Waals surface area contributed by atoms with Gasteiger partial charge in [-0.15, -0.1) is 0 Å². The summed E-state index contributed by atoms with van der Waals surface area (Å²) in [4.78, 5) is 16.7. The molecule has 0 bridgehead atoms. The van der Waals surface area contributed by atoms with Gasteiger partial charge in [0.2, 0.25) is 0 Å². The third-order valence-electron chi connectivity index (χ3n) is 4.72. The Morgan fingerprint density at radius 3 is 2.34 bits per heavy atom. The largest absolute Gasteiger partial charge is 0.345 e. The minimum Gasteiger partial charge on any atom is -0.345 e. The fourth-order valence-corrected chi connectivity index (χ4v) is 3.92. The summed E-state index contributed by atoms with van der Waals surface area (Å²) in [7, 11) is -3.70. The maximum Gasteiger partial charge on any atom is 0.261 e. The van der Waals surface area contributed by atoms with Crippen molar-refractivity contribution in [2.75, 3.05) is 4.72 Å². The van der Waals surface area contributed by atoms with Crippen LogP contribution in [0.5, 0.6) is 0 Å². The Labute approximate surface area is 171 Å². The zero-order valence-corrected chi connectivity index (χ0v) is 17.3. The first kappa shape index (κ1) is 20.5. The van der Waals surface area contributed by atoms with Crippen LogP contribution in [0.1, 0.15) is 40.0 Å². The van der Waals surface area contributed by atoms with E-state index in [1.165, 1.54) is 0 Å². The lowest BCUT2D eigenvalue weighted by atomic mass is 10.1. The fourth-order valence-electron chi connectivity index (χ4n) is 2.78. The first-order chi connectivity index (χ1) is 13.8. The van der Waals surface area contributed by atoms with Gasteiger partial charge in [-0.2, -0.15) is 0 Å². The SMILES string of the molecule is Cc1ccc(S(=O)(=O)Nc2ccc(C(=O)NC(C)c3cccnc3)cc2)cc1C. The maximum absolute atomic E-state index is 12.6. The van der Waals surface area contributed by atoms with Gasteiger partial charge in [0.25, 0.3) is 15.9 Å². The average molecular weight is 410 g/mol. The number of amides is 1. The highest BCUT2D eigenvalue weighted by atomic mass is 32.2. The van der Waals surface area contributed by atoms with Crippen LogP contribution < -0.4 is 10.0 Å². The minimum atomic E-state index is -3.70. The molecular weight excluding hydrogens is 386 g/mol. The number of nitrogens with zero attached hydrogens (tertiary/aromatic N) is 1. The van der Waals surface area contributed by atoms with E-state index in [9.17, 15) is 13.2 Å². The summed E-state index contributed by atoms with van der Waals surface area (Å²) >= 11 is 0. The number of hydrogen-bond donors (Lipinski definition) is 2. The summed E-state index contributed by atoms with van der Waals surface area (Å²) in [5.74, 6) is -0.245. The van der Waals surface area contributed by atoms with Crippen molar-refractivity contribution >= 4 is 21.6 Å². The molecular formula is C22H23N3O3S. The zero-order valence-electron chi connectivity index (χ0n) is 16.5. The van der Waals surface area contributed by atoms with E-state index in [0.29, 0.717) is 11.3 Å². The molecule has 3 aromatic rings. The van der Waals surface area contributed by atoms with Crippen LogP contribution in [-0.2, 0) is 10.0 Å². The first-order valence-electron chi connectivity index (χ1n) is 9.17. The number of hydrogen-bond acceptors (Lipinski definition) is 4. The predicted octanol–water partition coefficient (Wildman–Crippen LogP) is 3.99. The second kappa shape index (κ2) is 8.45. The van der Waals surface area contributed by atoms with Crippen LogP contribution in [0.25, 0.3) is 0 Å². The molecule has 150 valence electrons. The summed E-state index contributed by atoms with van der Waals surface area (Å²) in [6.45, 7) is 5.67. The molecule has 0 aliphatic carbocycles. The summed E-state index contributed by atoms with van der Waals surface area (Å²) in [5.41, 5.74) is 3.66. The molecule has 0 saturated carbocycles. The van der Waals surface area contributed by atoms with E-state index in [4.69, 9.17) is 0 Å². The highest BCUT2D eigenvalue weighted by molar-refractivity contribution is 7.92. The van der Waals surface area contributed by atoms with Gasteiger partial charge >= 0.3 is 0 Å². The standard InChI is InChI=1S/C22H23N3O3S/c1-15-6-11-21(13-16(15)2)29(27,28)25-20-9-7-18(8-10-20)22(26)24-17(3)19-5-4-12-23-14-19/h4-14,17,25H,1-3H3,(H,24,26). The van der Waals surface area contributed by atoms with Gasteiger partial charge in [0.05, 0.1) is 10.9 Å². The molecule has 6 nitrogen and oxygen atoms in total. The van der Waals surface area contributed by atoms with Crippen LogP contribution in [0.2, 0.25) is 0 Å². The van der Waals surface area contributed by atoms with Crippen molar-refractivity contribution in [3.63, 3.8) is 0 Å². The van der Waals surface area contributed by atoms with Crippen LogP contribution in [0, 0.1) is 13.8 Å². The Morgan fingerprint density at radius 2 is 1.72 bits per heavy atom. The van der Waals surface area contributed by atoms with Crippen LogP contribution in [0.15, 0.2) is 71.9 Å². The van der Waals surface area contributed by atoms with Crippen molar-refractivity contribution in [2.24, 2.45) is 0 Å².